The zero-order valence-corrected chi connectivity index (χ0v) is 21.0. The summed E-state index contributed by atoms with van der Waals surface area (Å²) in [5.41, 5.74) is 5.79. The highest BCUT2D eigenvalue weighted by atomic mass is 16.2. The Kier molecular flexibility index (Phi) is 6.06. The minimum Gasteiger partial charge on any atom is -0.353 e. The molecule has 1 saturated heterocycles. The summed E-state index contributed by atoms with van der Waals surface area (Å²) in [6, 6.07) is 20.1. The van der Waals surface area contributed by atoms with Crippen LogP contribution in [-0.2, 0) is 18.3 Å². The van der Waals surface area contributed by atoms with Crippen LogP contribution in [0.15, 0.2) is 79.4 Å². The number of aromatic nitrogens is 5. The number of benzene rings is 1. The van der Waals surface area contributed by atoms with Crippen molar-refractivity contribution in [3.05, 3.63) is 90.5 Å². The van der Waals surface area contributed by atoms with Crippen LogP contribution in [0.2, 0.25) is 0 Å². The predicted molar refractivity (Wildman–Crippen MR) is 144 cm³/mol. The molecule has 0 N–H and O–H groups in total. The summed E-state index contributed by atoms with van der Waals surface area (Å²) in [5.74, 6) is 1.03. The molecule has 5 aromatic rings. The van der Waals surface area contributed by atoms with Gasteiger partial charge in [-0.15, -0.1) is 0 Å². The van der Waals surface area contributed by atoms with E-state index in [-0.39, 0.29) is 5.91 Å². The zero-order chi connectivity index (χ0) is 26.1. The third kappa shape index (κ3) is 4.48. The van der Waals surface area contributed by atoms with E-state index in [2.05, 4.69) is 21.2 Å². The average Bonchev–Trinajstić information content (AvgIpc) is 3.59. The molecule has 9 nitrogen and oxygen atoms in total. The number of fused-ring (bicyclic) bond motifs is 1. The minimum absolute atomic E-state index is 0.157. The molecular weight excluding hydrogens is 476 g/mol. The highest BCUT2D eigenvalue weighted by molar-refractivity contribution is 5.87. The fraction of sp³-hybridized carbons (Fsp3) is 0.207. The second-order valence-corrected chi connectivity index (χ2v) is 9.42. The molecule has 1 fully saturated rings. The summed E-state index contributed by atoms with van der Waals surface area (Å²) in [4.78, 5) is 21.6. The van der Waals surface area contributed by atoms with Crippen LogP contribution in [0.4, 0.5) is 5.82 Å². The van der Waals surface area contributed by atoms with Crippen molar-refractivity contribution < 1.29 is 4.79 Å². The lowest BCUT2D eigenvalue weighted by molar-refractivity contribution is -0.130. The van der Waals surface area contributed by atoms with E-state index in [1.165, 1.54) is 0 Å². The number of hydrogen-bond acceptors (Lipinski definition) is 6. The lowest BCUT2D eigenvalue weighted by Gasteiger charge is -2.35. The van der Waals surface area contributed by atoms with Gasteiger partial charge in [-0.25, -0.2) is 9.50 Å². The van der Waals surface area contributed by atoms with Crippen molar-refractivity contribution in [3.63, 3.8) is 0 Å². The fourth-order valence-electron chi connectivity index (χ4n) is 4.93. The molecule has 0 unspecified atom stereocenters. The van der Waals surface area contributed by atoms with Gasteiger partial charge in [-0.2, -0.15) is 15.5 Å². The van der Waals surface area contributed by atoms with E-state index < -0.39 is 0 Å². The van der Waals surface area contributed by atoms with Crippen LogP contribution in [-0.4, -0.2) is 61.4 Å². The van der Waals surface area contributed by atoms with Crippen LogP contribution >= 0.6 is 0 Å². The lowest BCUT2D eigenvalue weighted by atomic mass is 10.0. The molecule has 0 bridgehead atoms. The Balaban J connectivity index is 1.22. The van der Waals surface area contributed by atoms with Gasteiger partial charge in [0.25, 0.3) is 0 Å². The van der Waals surface area contributed by atoms with Crippen molar-refractivity contribution in [1.82, 2.24) is 29.3 Å². The Morgan fingerprint density at radius 2 is 1.82 bits per heavy atom. The molecule has 38 heavy (non-hydrogen) atoms. The van der Waals surface area contributed by atoms with Gasteiger partial charge in [0.15, 0.2) is 0 Å². The van der Waals surface area contributed by atoms with Crippen molar-refractivity contribution >= 4 is 17.2 Å². The Hall–Kier alpha value is -4.97. The second-order valence-electron chi connectivity index (χ2n) is 9.42. The first-order valence-electron chi connectivity index (χ1n) is 12.5. The molecule has 0 spiro atoms. The van der Waals surface area contributed by atoms with Crippen LogP contribution in [0.3, 0.4) is 0 Å². The van der Waals surface area contributed by atoms with Crippen LogP contribution in [0.1, 0.15) is 11.1 Å². The Labute approximate surface area is 220 Å². The number of rotatable bonds is 5. The first kappa shape index (κ1) is 23.4. The van der Waals surface area contributed by atoms with E-state index in [0.717, 1.165) is 52.4 Å². The molecule has 4 aromatic heterocycles. The fourth-order valence-corrected chi connectivity index (χ4v) is 4.93. The zero-order valence-electron chi connectivity index (χ0n) is 21.0. The molecule has 1 aromatic carbocycles. The number of carbonyl (C=O) groups is 1. The summed E-state index contributed by atoms with van der Waals surface area (Å²) < 4.78 is 3.49. The standard InChI is InChI=1S/C29H26N8O/c1-34-10-9-26(33-34)23-16-25(29-24(17-30)19-32-37(29)20-23)22-7-8-27(31-18-22)35-11-13-36(14-12-35)28(38)15-21-5-3-2-4-6-21/h2-10,16,18-20H,11-15H2,1H3. The number of piperazine rings is 1. The monoisotopic (exact) mass is 502 g/mol. The van der Waals surface area contributed by atoms with E-state index in [9.17, 15) is 10.1 Å². The molecular formula is C29H26N8O. The molecule has 1 amide bonds. The molecule has 0 atom stereocenters. The smallest absolute Gasteiger partial charge is 0.227 e. The van der Waals surface area contributed by atoms with E-state index in [0.29, 0.717) is 25.1 Å². The first-order chi connectivity index (χ1) is 18.6. The number of nitriles is 1. The van der Waals surface area contributed by atoms with Gasteiger partial charge in [-0.3, -0.25) is 9.48 Å². The van der Waals surface area contributed by atoms with Crippen molar-refractivity contribution in [2.24, 2.45) is 7.05 Å². The van der Waals surface area contributed by atoms with Gasteiger partial charge in [0.1, 0.15) is 11.9 Å². The van der Waals surface area contributed by atoms with Crippen molar-refractivity contribution in [3.8, 4) is 28.5 Å². The Morgan fingerprint density at radius 3 is 2.50 bits per heavy atom. The van der Waals surface area contributed by atoms with Gasteiger partial charge in [0, 0.05) is 68.5 Å². The number of pyridine rings is 2. The van der Waals surface area contributed by atoms with Crippen LogP contribution in [0, 0.1) is 11.3 Å². The SMILES string of the molecule is Cn1ccc(-c2cc(-c3ccc(N4CCN(C(=O)Cc5ccccc5)CC4)nc3)c3c(C#N)cnn3c2)n1. The molecule has 5 heterocycles. The number of hydrogen-bond donors (Lipinski definition) is 0. The largest absolute Gasteiger partial charge is 0.353 e. The Bertz CT molecular complexity index is 1640. The maximum atomic E-state index is 12.7. The minimum atomic E-state index is 0.157. The molecule has 0 radical (unpaired) electrons. The van der Waals surface area contributed by atoms with Gasteiger partial charge >= 0.3 is 0 Å². The highest BCUT2D eigenvalue weighted by Gasteiger charge is 2.22. The van der Waals surface area contributed by atoms with Crippen molar-refractivity contribution in [2.45, 2.75) is 6.42 Å². The van der Waals surface area contributed by atoms with E-state index in [1.807, 2.05) is 85.1 Å². The number of amides is 1. The third-order valence-corrected chi connectivity index (χ3v) is 6.96. The lowest BCUT2D eigenvalue weighted by Crippen LogP contribution is -2.49. The highest BCUT2D eigenvalue weighted by Crippen LogP contribution is 2.32. The predicted octanol–water partition coefficient (Wildman–Crippen LogP) is 3.56. The maximum absolute atomic E-state index is 12.7. The average molecular weight is 503 g/mol. The van der Waals surface area contributed by atoms with Gasteiger partial charge < -0.3 is 9.80 Å². The van der Waals surface area contributed by atoms with Gasteiger partial charge in [-0.05, 0) is 29.8 Å². The van der Waals surface area contributed by atoms with E-state index in [4.69, 9.17) is 4.98 Å². The summed E-state index contributed by atoms with van der Waals surface area (Å²) in [6.45, 7) is 2.80. The quantitative estimate of drug-likeness (QED) is 0.365. The normalized spacial score (nSPS) is 13.6. The van der Waals surface area contributed by atoms with Gasteiger partial charge in [0.2, 0.25) is 5.91 Å². The van der Waals surface area contributed by atoms with Crippen molar-refractivity contribution in [1.29, 1.82) is 5.26 Å². The summed E-state index contributed by atoms with van der Waals surface area (Å²) in [5, 5.41) is 18.6. The summed E-state index contributed by atoms with van der Waals surface area (Å²) >= 11 is 0. The summed E-state index contributed by atoms with van der Waals surface area (Å²) in [6.07, 6.45) is 7.64. The van der Waals surface area contributed by atoms with Gasteiger partial charge in [0.05, 0.1) is 29.4 Å². The van der Waals surface area contributed by atoms with Gasteiger partial charge in [-0.1, -0.05) is 30.3 Å². The number of nitrogens with zero attached hydrogens (tertiary/aromatic N) is 8. The van der Waals surface area contributed by atoms with E-state index >= 15 is 0 Å². The van der Waals surface area contributed by atoms with Crippen LogP contribution < -0.4 is 4.90 Å². The number of carbonyl (C=O) groups excluding carboxylic acids is 1. The summed E-state index contributed by atoms with van der Waals surface area (Å²) in [7, 11) is 1.88. The molecule has 1 aliphatic rings. The van der Waals surface area contributed by atoms with Crippen LogP contribution in [0.25, 0.3) is 27.9 Å². The molecule has 1 aliphatic heterocycles. The Morgan fingerprint density at radius 1 is 1.00 bits per heavy atom. The van der Waals surface area contributed by atoms with Crippen LogP contribution in [0.5, 0.6) is 0 Å². The maximum Gasteiger partial charge on any atom is 0.227 e. The molecule has 0 saturated carbocycles. The molecule has 6 rings (SSSR count). The second kappa shape index (κ2) is 9.82. The number of aryl methyl sites for hydroxylation is 1. The molecule has 0 aliphatic carbocycles. The third-order valence-electron chi connectivity index (χ3n) is 6.96. The topological polar surface area (TPSA) is 95.3 Å². The van der Waals surface area contributed by atoms with Crippen molar-refractivity contribution in [2.75, 3.05) is 31.1 Å². The molecule has 188 valence electrons. The first-order valence-corrected chi connectivity index (χ1v) is 12.5. The van der Waals surface area contributed by atoms with E-state index in [1.54, 1.807) is 15.4 Å². The number of anilines is 1. The molecule has 9 heteroatoms.